The average molecular weight is 285 g/mol. The van der Waals surface area contributed by atoms with Crippen LogP contribution in [0.2, 0.25) is 0 Å². The Labute approximate surface area is 125 Å². The maximum absolute atomic E-state index is 12.7. The molecule has 0 saturated carbocycles. The molecule has 0 rings (SSSR count). The predicted molar refractivity (Wildman–Crippen MR) is 86.6 cm³/mol. The van der Waals surface area contributed by atoms with E-state index < -0.39 is 0 Å². The average Bonchev–Trinajstić information content (AvgIpc) is 2.38. The first-order valence-electron chi connectivity index (χ1n) is 8.08. The number of rotatable bonds is 10. The molecule has 0 aromatic rings. The number of carbonyl (C=O) groups excluding carboxylic acids is 1. The first kappa shape index (κ1) is 19.4. The van der Waals surface area contributed by atoms with Crippen molar-refractivity contribution in [2.24, 2.45) is 23.5 Å². The molecule has 120 valence electrons. The SMILES string of the molecule is CCN(CC)CCN(CC(C)C)C(=O)C(CN)C(C)C. The second-order valence-corrected chi connectivity index (χ2v) is 6.29. The summed E-state index contributed by atoms with van der Waals surface area (Å²) in [7, 11) is 0. The molecule has 1 unspecified atom stereocenters. The van der Waals surface area contributed by atoms with Crippen molar-refractivity contribution in [2.45, 2.75) is 41.5 Å². The van der Waals surface area contributed by atoms with Crippen molar-refractivity contribution in [1.82, 2.24) is 9.80 Å². The van der Waals surface area contributed by atoms with Gasteiger partial charge in [-0.25, -0.2) is 0 Å². The molecule has 1 amide bonds. The van der Waals surface area contributed by atoms with Crippen molar-refractivity contribution in [3.05, 3.63) is 0 Å². The summed E-state index contributed by atoms with van der Waals surface area (Å²) in [6.07, 6.45) is 0. The van der Waals surface area contributed by atoms with E-state index in [2.05, 4.69) is 46.4 Å². The van der Waals surface area contributed by atoms with Crippen LogP contribution in [0.4, 0.5) is 0 Å². The van der Waals surface area contributed by atoms with Crippen molar-refractivity contribution >= 4 is 5.91 Å². The number of hydrogen-bond acceptors (Lipinski definition) is 3. The summed E-state index contributed by atoms with van der Waals surface area (Å²) in [5.74, 6) is 0.964. The number of likely N-dealkylation sites (N-methyl/N-ethyl adjacent to an activating group) is 1. The van der Waals surface area contributed by atoms with E-state index in [9.17, 15) is 4.79 Å². The fourth-order valence-corrected chi connectivity index (χ4v) is 2.43. The standard InChI is InChI=1S/C16H35N3O/c1-7-18(8-2)9-10-19(12-13(3)4)16(20)15(11-17)14(5)6/h13-15H,7-12,17H2,1-6H3. The van der Waals surface area contributed by atoms with Gasteiger partial charge in [0, 0.05) is 26.2 Å². The monoisotopic (exact) mass is 285 g/mol. The number of nitrogens with zero attached hydrogens (tertiary/aromatic N) is 2. The highest BCUT2D eigenvalue weighted by molar-refractivity contribution is 5.79. The molecule has 20 heavy (non-hydrogen) atoms. The van der Waals surface area contributed by atoms with Crippen molar-refractivity contribution in [1.29, 1.82) is 0 Å². The molecule has 0 saturated heterocycles. The summed E-state index contributed by atoms with van der Waals surface area (Å²) >= 11 is 0. The fourth-order valence-electron chi connectivity index (χ4n) is 2.43. The van der Waals surface area contributed by atoms with Crippen molar-refractivity contribution < 1.29 is 4.79 Å². The maximum atomic E-state index is 12.7. The van der Waals surface area contributed by atoms with Crippen LogP contribution in [0, 0.1) is 17.8 Å². The van der Waals surface area contributed by atoms with Crippen LogP contribution in [0.25, 0.3) is 0 Å². The fraction of sp³-hybridized carbons (Fsp3) is 0.938. The lowest BCUT2D eigenvalue weighted by molar-refractivity contribution is -0.137. The smallest absolute Gasteiger partial charge is 0.227 e. The van der Waals surface area contributed by atoms with Crippen LogP contribution in [-0.2, 0) is 4.79 Å². The van der Waals surface area contributed by atoms with Crippen LogP contribution in [0.1, 0.15) is 41.5 Å². The molecule has 1 atom stereocenters. The van der Waals surface area contributed by atoms with E-state index >= 15 is 0 Å². The molecule has 0 bridgehead atoms. The Kier molecular flexibility index (Phi) is 9.86. The van der Waals surface area contributed by atoms with Gasteiger partial charge in [0.05, 0.1) is 5.92 Å². The van der Waals surface area contributed by atoms with E-state index in [1.807, 2.05) is 4.90 Å². The van der Waals surface area contributed by atoms with Crippen molar-refractivity contribution in [3.8, 4) is 0 Å². The third-order valence-corrected chi connectivity index (χ3v) is 3.85. The van der Waals surface area contributed by atoms with Gasteiger partial charge in [-0.2, -0.15) is 0 Å². The summed E-state index contributed by atoms with van der Waals surface area (Å²) in [4.78, 5) is 17.0. The highest BCUT2D eigenvalue weighted by atomic mass is 16.2. The largest absolute Gasteiger partial charge is 0.341 e. The molecular weight excluding hydrogens is 250 g/mol. The lowest BCUT2D eigenvalue weighted by atomic mass is 9.94. The van der Waals surface area contributed by atoms with Crippen LogP contribution in [0.3, 0.4) is 0 Å². The summed E-state index contributed by atoms with van der Waals surface area (Å²) in [5.41, 5.74) is 5.79. The zero-order chi connectivity index (χ0) is 15.7. The molecule has 0 heterocycles. The predicted octanol–water partition coefficient (Wildman–Crippen LogP) is 2.04. The van der Waals surface area contributed by atoms with E-state index in [0.717, 1.165) is 32.7 Å². The Morgan fingerprint density at radius 3 is 1.95 bits per heavy atom. The summed E-state index contributed by atoms with van der Waals surface area (Å²) in [6.45, 7) is 17.9. The minimum atomic E-state index is -0.0505. The number of amides is 1. The first-order valence-corrected chi connectivity index (χ1v) is 8.08. The third kappa shape index (κ3) is 6.71. The number of hydrogen-bond donors (Lipinski definition) is 1. The van der Waals surface area contributed by atoms with Gasteiger partial charge in [-0.15, -0.1) is 0 Å². The second kappa shape index (κ2) is 10.2. The van der Waals surface area contributed by atoms with E-state index in [0.29, 0.717) is 18.4 Å². The molecule has 0 fully saturated rings. The number of nitrogens with two attached hydrogens (primary N) is 1. The Balaban J connectivity index is 4.73. The second-order valence-electron chi connectivity index (χ2n) is 6.29. The van der Waals surface area contributed by atoms with Gasteiger partial charge in [0.1, 0.15) is 0 Å². The molecular formula is C16H35N3O. The van der Waals surface area contributed by atoms with Crippen molar-refractivity contribution in [2.75, 3.05) is 39.3 Å². The van der Waals surface area contributed by atoms with Gasteiger partial charge >= 0.3 is 0 Å². The first-order chi connectivity index (χ1) is 9.37. The van der Waals surface area contributed by atoms with Gasteiger partial charge in [0.2, 0.25) is 5.91 Å². The maximum Gasteiger partial charge on any atom is 0.227 e. The lowest BCUT2D eigenvalue weighted by Gasteiger charge is -2.31. The highest BCUT2D eigenvalue weighted by Gasteiger charge is 2.26. The molecule has 0 spiro atoms. The molecule has 0 aromatic carbocycles. The Morgan fingerprint density at radius 2 is 1.60 bits per heavy atom. The highest BCUT2D eigenvalue weighted by Crippen LogP contribution is 2.14. The summed E-state index contributed by atoms with van der Waals surface area (Å²) < 4.78 is 0. The lowest BCUT2D eigenvalue weighted by Crippen LogP contribution is -2.46. The van der Waals surface area contributed by atoms with Gasteiger partial charge in [0.15, 0.2) is 0 Å². The normalized spacial score (nSPS) is 13.3. The van der Waals surface area contributed by atoms with Gasteiger partial charge in [0.25, 0.3) is 0 Å². The zero-order valence-corrected chi connectivity index (χ0v) is 14.4. The zero-order valence-electron chi connectivity index (χ0n) is 14.4. The van der Waals surface area contributed by atoms with Crippen molar-refractivity contribution in [3.63, 3.8) is 0 Å². The minimum Gasteiger partial charge on any atom is -0.341 e. The van der Waals surface area contributed by atoms with Crippen LogP contribution in [0.15, 0.2) is 0 Å². The molecule has 0 aromatic heterocycles. The molecule has 2 N–H and O–H groups in total. The van der Waals surface area contributed by atoms with Crippen LogP contribution in [-0.4, -0.2) is 55.0 Å². The molecule has 0 aliphatic heterocycles. The van der Waals surface area contributed by atoms with E-state index in [1.165, 1.54) is 0 Å². The van der Waals surface area contributed by atoms with Gasteiger partial charge < -0.3 is 15.5 Å². The topological polar surface area (TPSA) is 49.6 Å². The molecule has 4 heteroatoms. The van der Waals surface area contributed by atoms with Gasteiger partial charge in [-0.1, -0.05) is 41.5 Å². The van der Waals surface area contributed by atoms with Crippen LogP contribution in [0.5, 0.6) is 0 Å². The molecule has 0 radical (unpaired) electrons. The Morgan fingerprint density at radius 1 is 1.05 bits per heavy atom. The molecule has 0 aliphatic rings. The Bertz CT molecular complexity index is 262. The molecule has 0 aliphatic carbocycles. The molecule has 4 nitrogen and oxygen atoms in total. The van der Waals surface area contributed by atoms with E-state index in [1.54, 1.807) is 0 Å². The Hall–Kier alpha value is -0.610. The van der Waals surface area contributed by atoms with Gasteiger partial charge in [-0.3, -0.25) is 4.79 Å². The van der Waals surface area contributed by atoms with E-state index in [4.69, 9.17) is 5.73 Å². The van der Waals surface area contributed by atoms with E-state index in [-0.39, 0.29) is 11.8 Å². The minimum absolute atomic E-state index is 0.0505. The summed E-state index contributed by atoms with van der Waals surface area (Å²) in [5, 5.41) is 0. The quantitative estimate of drug-likeness (QED) is 0.668. The van der Waals surface area contributed by atoms with Gasteiger partial charge in [-0.05, 0) is 24.9 Å². The summed E-state index contributed by atoms with van der Waals surface area (Å²) in [6, 6.07) is 0. The van der Waals surface area contributed by atoms with Crippen LogP contribution >= 0.6 is 0 Å². The number of carbonyl (C=O) groups is 1. The third-order valence-electron chi connectivity index (χ3n) is 3.85. The van der Waals surface area contributed by atoms with Crippen LogP contribution < -0.4 is 5.73 Å².